The Morgan fingerprint density at radius 3 is 2.57 bits per heavy atom. The van der Waals surface area contributed by atoms with Crippen LogP contribution in [0.15, 0.2) is 41.7 Å². The highest BCUT2D eigenvalue weighted by Crippen LogP contribution is 2.22. The van der Waals surface area contributed by atoms with Crippen molar-refractivity contribution in [2.24, 2.45) is 7.05 Å². The predicted octanol–water partition coefficient (Wildman–Crippen LogP) is 0.717. The van der Waals surface area contributed by atoms with Gasteiger partial charge in [-0.25, -0.2) is 13.4 Å². The van der Waals surface area contributed by atoms with Crippen LogP contribution < -0.4 is 5.73 Å². The molecule has 110 valence electrons. The van der Waals surface area contributed by atoms with Crippen LogP contribution in [0.1, 0.15) is 5.56 Å². The van der Waals surface area contributed by atoms with Gasteiger partial charge in [-0.05, 0) is 5.56 Å². The smallest absolute Gasteiger partial charge is 0.263 e. The zero-order valence-electron chi connectivity index (χ0n) is 11.5. The average Bonchev–Trinajstić information content (AvgIpc) is 2.79. The number of anilines is 1. The molecule has 0 amide bonds. The molecule has 0 bridgehead atoms. The molecule has 0 spiro atoms. The van der Waals surface area contributed by atoms with Gasteiger partial charge in [0.1, 0.15) is 6.54 Å². The minimum Gasteiger partial charge on any atom is -0.381 e. The predicted molar refractivity (Wildman–Crippen MR) is 77.3 cm³/mol. The molecular formula is C13H15N5O2S. The first kappa shape index (κ1) is 15.0. The molecule has 1 aromatic heterocycles. The summed E-state index contributed by atoms with van der Waals surface area (Å²) in [6.45, 7) is -0.163. The van der Waals surface area contributed by atoms with Crippen molar-refractivity contribution in [1.82, 2.24) is 13.9 Å². The fourth-order valence-corrected chi connectivity index (χ4v) is 3.48. The van der Waals surface area contributed by atoms with Gasteiger partial charge < -0.3 is 10.3 Å². The maximum Gasteiger partial charge on any atom is 0.263 e. The number of aryl methyl sites for hydroxylation is 1. The first-order valence-corrected chi connectivity index (χ1v) is 7.58. The number of nitrogens with two attached hydrogens (primary N) is 1. The Morgan fingerprint density at radius 2 is 2.05 bits per heavy atom. The molecule has 0 atom stereocenters. The number of nitrogens with zero attached hydrogens (tertiary/aromatic N) is 4. The van der Waals surface area contributed by atoms with E-state index in [1.165, 1.54) is 10.9 Å². The molecule has 2 aromatic rings. The lowest BCUT2D eigenvalue weighted by Gasteiger charge is -2.19. The van der Waals surface area contributed by atoms with E-state index in [4.69, 9.17) is 11.0 Å². The molecule has 0 aliphatic rings. The molecular weight excluding hydrogens is 290 g/mol. The second-order valence-electron chi connectivity index (χ2n) is 4.46. The van der Waals surface area contributed by atoms with Crippen molar-refractivity contribution >= 4 is 15.8 Å². The molecule has 0 saturated heterocycles. The van der Waals surface area contributed by atoms with Gasteiger partial charge in [0.2, 0.25) is 0 Å². The highest BCUT2D eigenvalue weighted by molar-refractivity contribution is 7.89. The van der Waals surface area contributed by atoms with E-state index in [1.807, 2.05) is 24.3 Å². The average molecular weight is 305 g/mol. The Balaban J connectivity index is 2.40. The Morgan fingerprint density at radius 1 is 1.38 bits per heavy atom. The number of benzene rings is 1. The van der Waals surface area contributed by atoms with Gasteiger partial charge in [0.05, 0.1) is 12.4 Å². The summed E-state index contributed by atoms with van der Waals surface area (Å²) in [5, 5.41) is 8.80. The van der Waals surface area contributed by atoms with Gasteiger partial charge in [0.15, 0.2) is 10.8 Å². The van der Waals surface area contributed by atoms with E-state index in [9.17, 15) is 8.42 Å². The third-order valence-electron chi connectivity index (χ3n) is 2.94. The highest BCUT2D eigenvalue weighted by Gasteiger charge is 2.30. The SMILES string of the molecule is Cn1cnc(N)c1S(=O)(=O)N(CC#N)Cc1ccccc1. The van der Waals surface area contributed by atoms with Crippen molar-refractivity contribution in [2.45, 2.75) is 11.6 Å². The van der Waals surface area contributed by atoms with Gasteiger partial charge in [-0.15, -0.1) is 0 Å². The van der Waals surface area contributed by atoms with Crippen molar-refractivity contribution in [3.8, 4) is 6.07 Å². The van der Waals surface area contributed by atoms with Crippen molar-refractivity contribution in [3.05, 3.63) is 42.2 Å². The van der Waals surface area contributed by atoms with E-state index >= 15 is 0 Å². The van der Waals surface area contributed by atoms with Crippen LogP contribution in [0.3, 0.4) is 0 Å². The molecule has 0 aliphatic carbocycles. The van der Waals surface area contributed by atoms with Crippen LogP contribution in [0.2, 0.25) is 0 Å². The van der Waals surface area contributed by atoms with Gasteiger partial charge in [0, 0.05) is 13.6 Å². The van der Waals surface area contributed by atoms with Crippen LogP contribution in [-0.2, 0) is 23.6 Å². The van der Waals surface area contributed by atoms with E-state index in [-0.39, 0.29) is 23.9 Å². The Labute approximate surface area is 123 Å². The summed E-state index contributed by atoms with van der Waals surface area (Å²) in [6.07, 6.45) is 1.33. The van der Waals surface area contributed by atoms with Gasteiger partial charge in [0.25, 0.3) is 10.0 Å². The quantitative estimate of drug-likeness (QED) is 0.819. The molecule has 1 heterocycles. The topological polar surface area (TPSA) is 105 Å². The number of imidazole rings is 1. The lowest BCUT2D eigenvalue weighted by molar-refractivity contribution is 0.436. The minimum absolute atomic E-state index is 0.0755. The lowest BCUT2D eigenvalue weighted by atomic mass is 10.2. The fraction of sp³-hybridized carbons (Fsp3) is 0.231. The third-order valence-corrected chi connectivity index (χ3v) is 4.87. The van der Waals surface area contributed by atoms with Crippen molar-refractivity contribution in [1.29, 1.82) is 5.26 Å². The number of hydrogen-bond donors (Lipinski definition) is 1. The second-order valence-corrected chi connectivity index (χ2v) is 6.32. The number of rotatable bonds is 5. The van der Waals surface area contributed by atoms with Crippen LogP contribution in [0.25, 0.3) is 0 Å². The van der Waals surface area contributed by atoms with Gasteiger partial charge in [-0.2, -0.15) is 9.57 Å². The summed E-state index contributed by atoms with van der Waals surface area (Å²) < 4.78 is 27.7. The second kappa shape index (κ2) is 5.95. The van der Waals surface area contributed by atoms with E-state index in [2.05, 4.69) is 4.98 Å². The van der Waals surface area contributed by atoms with E-state index in [0.29, 0.717) is 0 Å². The maximum absolute atomic E-state index is 12.7. The molecule has 8 heteroatoms. The molecule has 0 unspecified atom stereocenters. The summed E-state index contributed by atoms with van der Waals surface area (Å²) in [6, 6.07) is 10.9. The summed E-state index contributed by atoms with van der Waals surface area (Å²) >= 11 is 0. The Kier molecular flexibility index (Phi) is 4.26. The normalized spacial score (nSPS) is 11.5. The fourth-order valence-electron chi connectivity index (χ4n) is 1.97. The number of nitriles is 1. The van der Waals surface area contributed by atoms with Crippen molar-refractivity contribution in [2.75, 3.05) is 12.3 Å². The largest absolute Gasteiger partial charge is 0.381 e. The number of sulfonamides is 1. The summed E-state index contributed by atoms with van der Waals surface area (Å²) in [5.74, 6) is -0.0755. The Hall–Kier alpha value is -2.37. The van der Waals surface area contributed by atoms with Crippen LogP contribution in [0.5, 0.6) is 0 Å². The van der Waals surface area contributed by atoms with Gasteiger partial charge >= 0.3 is 0 Å². The van der Waals surface area contributed by atoms with Gasteiger partial charge in [-0.1, -0.05) is 30.3 Å². The van der Waals surface area contributed by atoms with Gasteiger partial charge in [-0.3, -0.25) is 0 Å². The number of nitrogen functional groups attached to an aromatic ring is 1. The summed E-state index contributed by atoms with van der Waals surface area (Å²) in [4.78, 5) is 3.78. The van der Waals surface area contributed by atoms with E-state index in [0.717, 1.165) is 9.87 Å². The van der Waals surface area contributed by atoms with Crippen LogP contribution in [0, 0.1) is 11.3 Å². The molecule has 1 aromatic carbocycles. The summed E-state index contributed by atoms with van der Waals surface area (Å²) in [7, 11) is -2.35. The third kappa shape index (κ3) is 3.04. The van der Waals surface area contributed by atoms with Crippen molar-refractivity contribution in [3.63, 3.8) is 0 Å². The zero-order valence-corrected chi connectivity index (χ0v) is 12.3. The molecule has 2 rings (SSSR count). The molecule has 0 radical (unpaired) electrons. The molecule has 0 fully saturated rings. The molecule has 0 saturated carbocycles. The number of aromatic nitrogens is 2. The zero-order chi connectivity index (χ0) is 15.5. The highest BCUT2D eigenvalue weighted by atomic mass is 32.2. The van der Waals surface area contributed by atoms with Crippen LogP contribution >= 0.6 is 0 Å². The molecule has 7 nitrogen and oxygen atoms in total. The first-order valence-electron chi connectivity index (χ1n) is 6.14. The Bertz CT molecular complexity index is 742. The van der Waals surface area contributed by atoms with E-state index in [1.54, 1.807) is 19.2 Å². The van der Waals surface area contributed by atoms with Crippen LogP contribution in [0.4, 0.5) is 5.82 Å². The van der Waals surface area contributed by atoms with Crippen molar-refractivity contribution < 1.29 is 8.42 Å². The molecule has 0 aliphatic heterocycles. The van der Waals surface area contributed by atoms with E-state index < -0.39 is 10.0 Å². The first-order chi connectivity index (χ1) is 9.96. The number of hydrogen-bond acceptors (Lipinski definition) is 5. The molecule has 21 heavy (non-hydrogen) atoms. The standard InChI is InChI=1S/C13H15N5O2S/c1-17-10-16-12(15)13(17)21(19,20)18(8-7-14)9-11-5-3-2-4-6-11/h2-6,10H,8-9,15H2,1H3. The minimum atomic E-state index is -3.89. The summed E-state index contributed by atoms with van der Waals surface area (Å²) in [5.41, 5.74) is 6.42. The molecule has 2 N–H and O–H groups in total. The lowest BCUT2D eigenvalue weighted by Crippen LogP contribution is -2.32. The van der Waals surface area contributed by atoms with Crippen LogP contribution in [-0.4, -0.2) is 28.8 Å². The monoisotopic (exact) mass is 305 g/mol. The maximum atomic E-state index is 12.7.